The van der Waals surface area contributed by atoms with Crippen LogP contribution in [0.2, 0.25) is 0 Å². The van der Waals surface area contributed by atoms with Crippen LogP contribution in [-0.2, 0) is 0 Å². The quantitative estimate of drug-likeness (QED) is 0.598. The summed E-state index contributed by atoms with van der Waals surface area (Å²) < 4.78 is 13.3. The number of hydrogen-bond donors (Lipinski definition) is 1. The lowest BCUT2D eigenvalue weighted by Crippen LogP contribution is -2.48. The molecule has 1 heterocycles. The number of rotatable bonds is 4. The van der Waals surface area contributed by atoms with Gasteiger partial charge in [0.25, 0.3) is 5.91 Å². The van der Waals surface area contributed by atoms with Gasteiger partial charge in [-0.3, -0.25) is 4.79 Å². The number of hydrogen-bond acceptors (Lipinski definition) is 3. The summed E-state index contributed by atoms with van der Waals surface area (Å²) >= 11 is 0. The number of carbonyl (C=O) groups excluding carboxylic acids is 1. The average molecular weight is 381 g/mol. The van der Waals surface area contributed by atoms with E-state index in [1.165, 1.54) is 29.4 Å². The molecular weight excluding hydrogens is 353 g/mol. The molecule has 0 unspecified atom stereocenters. The van der Waals surface area contributed by atoms with Crippen LogP contribution in [0.1, 0.15) is 67.1 Å². The van der Waals surface area contributed by atoms with Gasteiger partial charge < -0.3 is 4.90 Å². The highest BCUT2D eigenvalue weighted by molar-refractivity contribution is 5.95. The van der Waals surface area contributed by atoms with Gasteiger partial charge >= 0.3 is 0 Å². The van der Waals surface area contributed by atoms with E-state index in [9.17, 15) is 9.18 Å². The summed E-state index contributed by atoms with van der Waals surface area (Å²) in [5.74, 6) is -0.430. The molecule has 1 aliphatic rings. The first kappa shape index (κ1) is 20.1. The Morgan fingerprint density at radius 2 is 2.11 bits per heavy atom. The van der Waals surface area contributed by atoms with Crippen LogP contribution in [0.3, 0.4) is 0 Å². The zero-order chi connectivity index (χ0) is 20.5. The van der Waals surface area contributed by atoms with E-state index in [0.717, 1.165) is 24.1 Å². The molecule has 0 saturated heterocycles. The van der Waals surface area contributed by atoms with Crippen molar-refractivity contribution in [3.05, 3.63) is 64.5 Å². The lowest BCUT2D eigenvalue weighted by Gasteiger charge is -2.47. The van der Waals surface area contributed by atoms with Crippen LogP contribution in [0, 0.1) is 12.7 Å². The van der Waals surface area contributed by atoms with Gasteiger partial charge in [-0.1, -0.05) is 13.0 Å². The van der Waals surface area contributed by atoms with E-state index < -0.39 is 11.7 Å². The number of benzene rings is 2. The Balaban J connectivity index is 1.83. The van der Waals surface area contributed by atoms with E-state index in [1.807, 2.05) is 0 Å². The molecular formula is C23H28FN3O. The fourth-order valence-corrected chi connectivity index (χ4v) is 4.24. The van der Waals surface area contributed by atoms with Crippen LogP contribution >= 0.6 is 0 Å². The van der Waals surface area contributed by atoms with Gasteiger partial charge in [0, 0.05) is 23.3 Å². The second-order valence-electron chi connectivity index (χ2n) is 8.14. The first-order valence-corrected chi connectivity index (χ1v) is 9.74. The number of nitrogens with zero attached hydrogens (tertiary/aromatic N) is 2. The number of carbonyl (C=O) groups is 1. The minimum atomic E-state index is -0.445. The van der Waals surface area contributed by atoms with Crippen molar-refractivity contribution in [2.75, 3.05) is 11.4 Å². The molecule has 0 aromatic heterocycles. The summed E-state index contributed by atoms with van der Waals surface area (Å²) in [7, 11) is 0. The molecule has 1 aliphatic heterocycles. The molecule has 0 spiro atoms. The number of hydrazone groups is 1. The maximum Gasteiger partial charge on any atom is 0.271 e. The molecule has 2 aromatic carbocycles. The van der Waals surface area contributed by atoms with E-state index in [0.29, 0.717) is 5.92 Å². The third-order valence-electron chi connectivity index (χ3n) is 5.55. The average Bonchev–Trinajstić information content (AvgIpc) is 2.62. The lowest BCUT2D eigenvalue weighted by molar-refractivity contribution is 0.0954. The van der Waals surface area contributed by atoms with E-state index >= 15 is 0 Å². The molecule has 1 amide bonds. The van der Waals surface area contributed by atoms with Crippen molar-refractivity contribution in [3.63, 3.8) is 0 Å². The molecule has 0 fully saturated rings. The van der Waals surface area contributed by atoms with Crippen molar-refractivity contribution in [2.45, 2.75) is 52.5 Å². The molecule has 0 radical (unpaired) electrons. The first-order chi connectivity index (χ1) is 13.2. The third kappa shape index (κ3) is 3.93. The van der Waals surface area contributed by atoms with Gasteiger partial charge in [-0.2, -0.15) is 5.10 Å². The zero-order valence-corrected chi connectivity index (χ0v) is 17.2. The Hall–Kier alpha value is -2.69. The van der Waals surface area contributed by atoms with Crippen molar-refractivity contribution >= 4 is 17.8 Å². The third-order valence-corrected chi connectivity index (χ3v) is 5.55. The topological polar surface area (TPSA) is 44.7 Å². The summed E-state index contributed by atoms with van der Waals surface area (Å²) in [6.45, 7) is 12.0. The Kier molecular flexibility index (Phi) is 5.54. The highest BCUT2D eigenvalue weighted by atomic mass is 19.1. The number of nitrogens with one attached hydrogen (secondary N) is 1. The molecule has 1 atom stereocenters. The highest BCUT2D eigenvalue weighted by Crippen LogP contribution is 2.43. The van der Waals surface area contributed by atoms with Crippen molar-refractivity contribution in [2.24, 2.45) is 5.10 Å². The molecule has 0 bridgehead atoms. The van der Waals surface area contributed by atoms with Gasteiger partial charge in [0.2, 0.25) is 0 Å². The molecule has 5 heteroatoms. The zero-order valence-electron chi connectivity index (χ0n) is 17.2. The van der Waals surface area contributed by atoms with Crippen molar-refractivity contribution < 1.29 is 9.18 Å². The van der Waals surface area contributed by atoms with Gasteiger partial charge in [0.05, 0.1) is 6.21 Å². The molecule has 2 aromatic rings. The first-order valence-electron chi connectivity index (χ1n) is 9.74. The Labute approximate surface area is 166 Å². The number of anilines is 1. The number of halogens is 1. The number of fused-ring (bicyclic) bond motifs is 1. The van der Waals surface area contributed by atoms with Crippen LogP contribution in [0.5, 0.6) is 0 Å². The molecule has 0 aliphatic carbocycles. The predicted molar refractivity (Wildman–Crippen MR) is 113 cm³/mol. The van der Waals surface area contributed by atoms with E-state index in [2.05, 4.69) is 62.2 Å². The fourth-order valence-electron chi connectivity index (χ4n) is 4.24. The second-order valence-corrected chi connectivity index (χ2v) is 8.14. The second kappa shape index (κ2) is 7.74. The van der Waals surface area contributed by atoms with Crippen LogP contribution in [-0.4, -0.2) is 24.2 Å². The molecule has 4 nitrogen and oxygen atoms in total. The summed E-state index contributed by atoms with van der Waals surface area (Å²) in [5.41, 5.74) is 7.52. The predicted octanol–water partition coefficient (Wildman–Crippen LogP) is 5.01. The monoisotopic (exact) mass is 381 g/mol. The molecule has 1 N–H and O–H groups in total. The van der Waals surface area contributed by atoms with Crippen LogP contribution in [0.15, 0.2) is 41.5 Å². The Morgan fingerprint density at radius 3 is 2.79 bits per heavy atom. The van der Waals surface area contributed by atoms with Crippen LogP contribution in [0.25, 0.3) is 0 Å². The van der Waals surface area contributed by atoms with Gasteiger partial charge in [0.1, 0.15) is 5.82 Å². The maximum absolute atomic E-state index is 13.3. The fraction of sp³-hybridized carbons (Fsp3) is 0.391. The normalized spacial score (nSPS) is 18.2. The minimum Gasteiger partial charge on any atom is -0.366 e. The largest absolute Gasteiger partial charge is 0.366 e. The Bertz CT molecular complexity index is 920. The SMILES string of the molecule is CCN1c2cc(C)c(/C=N\NC(=O)c3cccc(F)c3)cc2[C@H](C)CC1(C)C. The smallest absolute Gasteiger partial charge is 0.271 e. The van der Waals surface area contributed by atoms with Crippen LogP contribution < -0.4 is 10.3 Å². The van der Waals surface area contributed by atoms with Crippen molar-refractivity contribution in [1.82, 2.24) is 5.43 Å². The highest BCUT2D eigenvalue weighted by Gasteiger charge is 2.35. The molecule has 28 heavy (non-hydrogen) atoms. The van der Waals surface area contributed by atoms with Crippen molar-refractivity contribution in [1.29, 1.82) is 0 Å². The molecule has 148 valence electrons. The summed E-state index contributed by atoms with van der Waals surface area (Å²) in [4.78, 5) is 14.6. The van der Waals surface area contributed by atoms with Gasteiger partial charge in [-0.25, -0.2) is 9.82 Å². The standard InChI is InChI=1S/C23H28FN3O/c1-6-27-21-10-15(2)18(12-20(21)16(3)13-23(27,4)5)14-25-26-22(28)17-8-7-9-19(24)11-17/h7-12,14,16H,6,13H2,1-5H3,(H,26,28)/b25-14-/t16-/m1/s1. The molecule has 3 rings (SSSR count). The van der Waals surface area contributed by atoms with Gasteiger partial charge in [-0.05, 0) is 87.1 Å². The maximum atomic E-state index is 13.3. The van der Waals surface area contributed by atoms with Crippen LogP contribution in [0.4, 0.5) is 10.1 Å². The Morgan fingerprint density at radius 1 is 1.36 bits per heavy atom. The molecule has 0 saturated carbocycles. The van der Waals surface area contributed by atoms with Crippen molar-refractivity contribution in [3.8, 4) is 0 Å². The van der Waals surface area contributed by atoms with Gasteiger partial charge in [-0.15, -0.1) is 0 Å². The summed E-state index contributed by atoms with van der Waals surface area (Å²) in [6.07, 6.45) is 2.75. The van der Waals surface area contributed by atoms with E-state index in [-0.39, 0.29) is 11.1 Å². The van der Waals surface area contributed by atoms with E-state index in [4.69, 9.17) is 0 Å². The minimum absolute atomic E-state index is 0.127. The van der Waals surface area contributed by atoms with Gasteiger partial charge in [0.15, 0.2) is 0 Å². The lowest BCUT2D eigenvalue weighted by atomic mass is 9.79. The summed E-state index contributed by atoms with van der Waals surface area (Å²) in [6, 6.07) is 9.94. The number of aryl methyl sites for hydroxylation is 1. The summed E-state index contributed by atoms with van der Waals surface area (Å²) in [5, 5.41) is 4.09. The van der Waals surface area contributed by atoms with E-state index in [1.54, 1.807) is 12.3 Å². The number of amides is 1.